The highest BCUT2D eigenvalue weighted by molar-refractivity contribution is 9.10. The molecule has 0 saturated carbocycles. The number of nitrogens with one attached hydrogen (secondary N) is 1. The minimum atomic E-state index is -0.314. The van der Waals surface area contributed by atoms with Gasteiger partial charge >= 0.3 is 0 Å². The van der Waals surface area contributed by atoms with Crippen LogP contribution in [0, 0.1) is 0 Å². The summed E-state index contributed by atoms with van der Waals surface area (Å²) in [5.74, 6) is 0.505. The number of aromatic nitrogens is 3. The van der Waals surface area contributed by atoms with Gasteiger partial charge in [-0.15, -0.1) is 5.10 Å². The van der Waals surface area contributed by atoms with E-state index in [1.807, 2.05) is 0 Å². The maximum atomic E-state index is 11.9. The average molecular weight is 309 g/mol. The third kappa shape index (κ3) is 2.80. The SMILES string of the molecule is COc1ccc(C(=O)Nc2nccnn2)cc1Br. The van der Waals surface area contributed by atoms with Crippen LogP contribution < -0.4 is 10.1 Å². The zero-order valence-corrected chi connectivity index (χ0v) is 11.0. The van der Waals surface area contributed by atoms with E-state index >= 15 is 0 Å². The van der Waals surface area contributed by atoms with E-state index in [4.69, 9.17) is 4.74 Å². The van der Waals surface area contributed by atoms with Crippen LogP contribution in [0.4, 0.5) is 5.95 Å². The molecule has 1 N–H and O–H groups in total. The third-order valence-electron chi connectivity index (χ3n) is 2.12. The lowest BCUT2D eigenvalue weighted by atomic mass is 10.2. The maximum Gasteiger partial charge on any atom is 0.258 e. The Morgan fingerprint density at radius 1 is 1.39 bits per heavy atom. The van der Waals surface area contributed by atoms with Crippen LogP contribution in [0.1, 0.15) is 10.4 Å². The van der Waals surface area contributed by atoms with Gasteiger partial charge in [0.2, 0.25) is 5.95 Å². The highest BCUT2D eigenvalue weighted by Crippen LogP contribution is 2.25. The van der Waals surface area contributed by atoms with Crippen molar-refractivity contribution < 1.29 is 9.53 Å². The van der Waals surface area contributed by atoms with Gasteiger partial charge in [-0.05, 0) is 34.1 Å². The van der Waals surface area contributed by atoms with Gasteiger partial charge in [-0.3, -0.25) is 10.1 Å². The van der Waals surface area contributed by atoms with Crippen molar-refractivity contribution in [3.63, 3.8) is 0 Å². The molecule has 6 nitrogen and oxygen atoms in total. The molecule has 1 aromatic carbocycles. The summed E-state index contributed by atoms with van der Waals surface area (Å²) >= 11 is 3.31. The Hall–Kier alpha value is -2.02. The number of benzene rings is 1. The summed E-state index contributed by atoms with van der Waals surface area (Å²) in [5.41, 5.74) is 0.468. The van der Waals surface area contributed by atoms with Gasteiger partial charge in [0.15, 0.2) is 0 Å². The highest BCUT2D eigenvalue weighted by Gasteiger charge is 2.10. The highest BCUT2D eigenvalue weighted by atomic mass is 79.9. The van der Waals surface area contributed by atoms with E-state index in [0.29, 0.717) is 15.8 Å². The Kier molecular flexibility index (Phi) is 3.83. The van der Waals surface area contributed by atoms with Gasteiger partial charge < -0.3 is 4.74 Å². The fraction of sp³-hybridized carbons (Fsp3) is 0.0909. The largest absolute Gasteiger partial charge is 0.496 e. The summed E-state index contributed by atoms with van der Waals surface area (Å²) in [4.78, 5) is 15.7. The van der Waals surface area contributed by atoms with E-state index in [-0.39, 0.29) is 11.9 Å². The van der Waals surface area contributed by atoms with Crippen molar-refractivity contribution in [2.45, 2.75) is 0 Å². The van der Waals surface area contributed by atoms with Crippen LogP contribution in [0.15, 0.2) is 35.1 Å². The first-order chi connectivity index (χ1) is 8.70. The Labute approximate surface area is 112 Å². The first-order valence-electron chi connectivity index (χ1n) is 4.99. The molecule has 0 atom stereocenters. The number of halogens is 1. The van der Waals surface area contributed by atoms with Crippen molar-refractivity contribution in [2.24, 2.45) is 0 Å². The van der Waals surface area contributed by atoms with Gasteiger partial charge in [-0.25, -0.2) is 4.98 Å². The third-order valence-corrected chi connectivity index (χ3v) is 2.74. The predicted octanol–water partition coefficient (Wildman–Crippen LogP) is 1.89. The molecule has 92 valence electrons. The molecule has 18 heavy (non-hydrogen) atoms. The molecule has 2 rings (SSSR count). The molecule has 0 saturated heterocycles. The topological polar surface area (TPSA) is 77.0 Å². The van der Waals surface area contributed by atoms with Gasteiger partial charge in [0.25, 0.3) is 5.91 Å². The summed E-state index contributed by atoms with van der Waals surface area (Å²) < 4.78 is 5.78. The molecular formula is C11H9BrN4O2. The van der Waals surface area contributed by atoms with Crippen LogP contribution in [-0.4, -0.2) is 28.2 Å². The molecule has 1 amide bonds. The lowest BCUT2D eigenvalue weighted by Crippen LogP contribution is -2.14. The van der Waals surface area contributed by atoms with Crippen LogP contribution in [0.25, 0.3) is 0 Å². The Balaban J connectivity index is 2.17. The van der Waals surface area contributed by atoms with Crippen molar-refractivity contribution in [3.05, 3.63) is 40.6 Å². The number of carbonyl (C=O) groups excluding carboxylic acids is 1. The van der Waals surface area contributed by atoms with Gasteiger partial charge in [0, 0.05) is 5.56 Å². The van der Waals surface area contributed by atoms with E-state index in [9.17, 15) is 4.79 Å². The summed E-state index contributed by atoms with van der Waals surface area (Å²) in [6.45, 7) is 0. The zero-order chi connectivity index (χ0) is 13.0. The Bertz CT molecular complexity index is 562. The summed E-state index contributed by atoms with van der Waals surface area (Å²) in [5, 5.41) is 9.83. The molecule has 1 aromatic heterocycles. The van der Waals surface area contributed by atoms with Crippen LogP contribution in [-0.2, 0) is 0 Å². The van der Waals surface area contributed by atoms with Crippen LogP contribution in [0.2, 0.25) is 0 Å². The molecule has 2 aromatic rings. The number of nitrogens with zero attached hydrogens (tertiary/aromatic N) is 3. The van der Waals surface area contributed by atoms with E-state index in [1.165, 1.54) is 12.4 Å². The van der Waals surface area contributed by atoms with Gasteiger partial charge in [0.05, 0.1) is 24.0 Å². The zero-order valence-electron chi connectivity index (χ0n) is 9.42. The number of anilines is 1. The molecule has 1 heterocycles. The van der Waals surface area contributed by atoms with Crippen molar-refractivity contribution >= 4 is 27.8 Å². The first kappa shape index (κ1) is 12.4. The van der Waals surface area contributed by atoms with E-state index in [2.05, 4.69) is 36.4 Å². The average Bonchev–Trinajstić information content (AvgIpc) is 2.39. The van der Waals surface area contributed by atoms with Gasteiger partial charge in [-0.1, -0.05) is 0 Å². The number of hydrogen-bond acceptors (Lipinski definition) is 5. The molecule has 7 heteroatoms. The predicted molar refractivity (Wildman–Crippen MR) is 68.5 cm³/mol. The molecule has 0 aliphatic carbocycles. The number of amides is 1. The molecule has 0 spiro atoms. The van der Waals surface area contributed by atoms with E-state index < -0.39 is 0 Å². The normalized spacial score (nSPS) is 9.89. The molecular weight excluding hydrogens is 300 g/mol. The number of ether oxygens (including phenoxy) is 1. The lowest BCUT2D eigenvalue weighted by molar-refractivity contribution is 0.102. The lowest BCUT2D eigenvalue weighted by Gasteiger charge is -2.06. The standard InChI is InChI=1S/C11H9BrN4O2/c1-18-9-3-2-7(6-8(9)12)10(17)15-11-13-4-5-14-16-11/h2-6H,1H3,(H,13,15,16,17). The van der Waals surface area contributed by atoms with Gasteiger partial charge in [0.1, 0.15) is 5.75 Å². The van der Waals surface area contributed by atoms with E-state index in [1.54, 1.807) is 25.3 Å². The summed E-state index contributed by atoms with van der Waals surface area (Å²) in [6.07, 6.45) is 2.88. The van der Waals surface area contributed by atoms with Crippen molar-refractivity contribution in [1.29, 1.82) is 0 Å². The van der Waals surface area contributed by atoms with Crippen LogP contribution in [0.5, 0.6) is 5.75 Å². The quantitative estimate of drug-likeness (QED) is 0.937. The molecule has 0 bridgehead atoms. The van der Waals surface area contributed by atoms with Crippen molar-refractivity contribution in [2.75, 3.05) is 12.4 Å². The fourth-order valence-corrected chi connectivity index (χ4v) is 1.83. The molecule has 0 unspecified atom stereocenters. The number of methoxy groups -OCH3 is 1. The van der Waals surface area contributed by atoms with E-state index in [0.717, 1.165) is 0 Å². The molecule has 0 aliphatic heterocycles. The first-order valence-corrected chi connectivity index (χ1v) is 5.78. The molecule has 0 radical (unpaired) electrons. The second kappa shape index (κ2) is 5.54. The van der Waals surface area contributed by atoms with Crippen LogP contribution in [0.3, 0.4) is 0 Å². The maximum absolute atomic E-state index is 11.9. The minimum absolute atomic E-state index is 0.162. The smallest absolute Gasteiger partial charge is 0.258 e. The second-order valence-electron chi connectivity index (χ2n) is 3.27. The van der Waals surface area contributed by atoms with Crippen molar-refractivity contribution in [3.8, 4) is 5.75 Å². The Morgan fingerprint density at radius 2 is 2.22 bits per heavy atom. The summed E-state index contributed by atoms with van der Waals surface area (Å²) in [6, 6.07) is 5.00. The molecule has 0 fully saturated rings. The fourth-order valence-electron chi connectivity index (χ4n) is 1.29. The van der Waals surface area contributed by atoms with Gasteiger partial charge in [-0.2, -0.15) is 5.10 Å². The molecule has 0 aliphatic rings. The number of hydrogen-bond donors (Lipinski definition) is 1. The van der Waals surface area contributed by atoms with Crippen molar-refractivity contribution in [1.82, 2.24) is 15.2 Å². The second-order valence-corrected chi connectivity index (χ2v) is 4.12. The summed E-state index contributed by atoms with van der Waals surface area (Å²) in [7, 11) is 1.56. The minimum Gasteiger partial charge on any atom is -0.496 e. The Morgan fingerprint density at radius 3 is 2.83 bits per heavy atom. The van der Waals surface area contributed by atoms with Crippen LogP contribution >= 0.6 is 15.9 Å². The number of rotatable bonds is 3. The monoisotopic (exact) mass is 308 g/mol. The number of carbonyl (C=O) groups is 1.